The number of nitrogens with zero attached hydrogens (tertiary/aromatic N) is 1. The van der Waals surface area contributed by atoms with E-state index in [2.05, 4.69) is 5.32 Å². The molecule has 114 valence electrons. The van der Waals surface area contributed by atoms with Crippen LogP contribution in [-0.4, -0.2) is 47.3 Å². The molecule has 0 aromatic heterocycles. The van der Waals surface area contributed by atoms with Gasteiger partial charge in [0.2, 0.25) is 0 Å². The predicted molar refractivity (Wildman–Crippen MR) is 77.2 cm³/mol. The first-order valence-electron chi connectivity index (χ1n) is 6.96. The second-order valence-electron chi connectivity index (χ2n) is 5.33. The fraction of sp³-hybridized carbons (Fsp3) is 0.467. The maximum atomic E-state index is 12.1. The number of rotatable bonds is 3. The summed E-state index contributed by atoms with van der Waals surface area (Å²) >= 11 is 0. The molecule has 2 amide bonds. The molecule has 1 aromatic carbocycles. The van der Waals surface area contributed by atoms with Gasteiger partial charge in [-0.1, -0.05) is 12.1 Å². The number of hydrogen-bond donors (Lipinski definition) is 2. The molecule has 2 N–H and O–H groups in total. The lowest BCUT2D eigenvalue weighted by Crippen LogP contribution is -2.51. The summed E-state index contributed by atoms with van der Waals surface area (Å²) in [5.41, 5.74) is 0.980. The topological polar surface area (TPSA) is 78.9 Å². The van der Waals surface area contributed by atoms with Crippen LogP contribution in [0.3, 0.4) is 0 Å². The van der Waals surface area contributed by atoms with E-state index in [0.717, 1.165) is 5.56 Å². The molecule has 1 fully saturated rings. The molecular formula is C15H20N2O4. The molecule has 1 aliphatic heterocycles. The average molecular weight is 292 g/mol. The molecule has 1 saturated heterocycles. The van der Waals surface area contributed by atoms with E-state index in [1.807, 2.05) is 13.8 Å². The van der Waals surface area contributed by atoms with Gasteiger partial charge >= 0.3 is 12.0 Å². The van der Waals surface area contributed by atoms with E-state index in [1.165, 1.54) is 6.07 Å². The molecule has 1 aromatic rings. The summed E-state index contributed by atoms with van der Waals surface area (Å²) in [4.78, 5) is 24.7. The van der Waals surface area contributed by atoms with Gasteiger partial charge in [0.15, 0.2) is 0 Å². The number of nitrogens with one attached hydrogen (secondary N) is 1. The first kappa shape index (κ1) is 15.3. The highest BCUT2D eigenvalue weighted by atomic mass is 16.5. The van der Waals surface area contributed by atoms with Crippen molar-refractivity contribution in [2.24, 2.45) is 0 Å². The lowest BCUT2D eigenvalue weighted by Gasteiger charge is -2.35. The number of carboxylic acid groups (broad SMARTS) is 1. The van der Waals surface area contributed by atoms with Crippen molar-refractivity contribution in [3.05, 3.63) is 35.4 Å². The van der Waals surface area contributed by atoms with Crippen LogP contribution in [-0.2, 0) is 11.3 Å². The quantitative estimate of drug-likeness (QED) is 0.889. The molecule has 2 atom stereocenters. The summed E-state index contributed by atoms with van der Waals surface area (Å²) < 4.78 is 5.58. The highest BCUT2D eigenvalue weighted by Crippen LogP contribution is 2.11. The van der Waals surface area contributed by atoms with Crippen molar-refractivity contribution in [3.8, 4) is 0 Å². The maximum absolute atomic E-state index is 12.1. The number of amides is 2. The van der Waals surface area contributed by atoms with Gasteiger partial charge in [0.25, 0.3) is 0 Å². The third-order valence-electron chi connectivity index (χ3n) is 3.32. The fourth-order valence-electron chi connectivity index (χ4n) is 2.45. The van der Waals surface area contributed by atoms with Gasteiger partial charge in [0, 0.05) is 19.6 Å². The monoisotopic (exact) mass is 292 g/mol. The standard InChI is InChI=1S/C15H20N2O4/c1-10-8-17(9-11(2)21-10)15(20)16-7-12-4-3-5-13(6-12)14(18)19/h3-6,10-11H,7-9H2,1-2H3,(H,16,20)(H,18,19). The third kappa shape index (κ3) is 4.19. The van der Waals surface area contributed by atoms with Gasteiger partial charge < -0.3 is 20.1 Å². The van der Waals surface area contributed by atoms with Gasteiger partial charge in [0.1, 0.15) is 0 Å². The van der Waals surface area contributed by atoms with Gasteiger partial charge in [-0.3, -0.25) is 0 Å². The van der Waals surface area contributed by atoms with Crippen molar-refractivity contribution >= 4 is 12.0 Å². The summed E-state index contributed by atoms with van der Waals surface area (Å²) in [6.07, 6.45) is 0.0460. The van der Waals surface area contributed by atoms with Crippen molar-refractivity contribution < 1.29 is 19.4 Å². The average Bonchev–Trinajstić information content (AvgIpc) is 2.44. The molecule has 0 aliphatic carbocycles. The Morgan fingerprint density at radius 1 is 1.33 bits per heavy atom. The highest BCUT2D eigenvalue weighted by molar-refractivity contribution is 5.87. The van der Waals surface area contributed by atoms with Crippen LogP contribution in [0.5, 0.6) is 0 Å². The summed E-state index contributed by atoms with van der Waals surface area (Å²) in [5.74, 6) is -0.973. The van der Waals surface area contributed by atoms with Gasteiger partial charge in [0.05, 0.1) is 17.8 Å². The van der Waals surface area contributed by atoms with E-state index in [9.17, 15) is 9.59 Å². The Labute approximate surface area is 123 Å². The van der Waals surface area contributed by atoms with Crippen LogP contribution in [0.2, 0.25) is 0 Å². The Hall–Kier alpha value is -2.08. The number of urea groups is 1. The van der Waals surface area contributed by atoms with E-state index in [1.54, 1.807) is 23.1 Å². The van der Waals surface area contributed by atoms with Crippen molar-refractivity contribution in [1.29, 1.82) is 0 Å². The number of carbonyl (C=O) groups excluding carboxylic acids is 1. The van der Waals surface area contributed by atoms with Crippen molar-refractivity contribution in [3.63, 3.8) is 0 Å². The first-order valence-corrected chi connectivity index (χ1v) is 6.96. The zero-order chi connectivity index (χ0) is 15.4. The molecule has 21 heavy (non-hydrogen) atoms. The molecule has 0 spiro atoms. The molecule has 0 bridgehead atoms. The van der Waals surface area contributed by atoms with Crippen LogP contribution in [0, 0.1) is 0 Å². The Balaban J connectivity index is 1.92. The fourth-order valence-corrected chi connectivity index (χ4v) is 2.45. The normalized spacial score (nSPS) is 21.9. The second-order valence-corrected chi connectivity index (χ2v) is 5.33. The van der Waals surface area contributed by atoms with Crippen molar-refractivity contribution in [1.82, 2.24) is 10.2 Å². The van der Waals surface area contributed by atoms with Crippen LogP contribution in [0.4, 0.5) is 4.79 Å². The van der Waals surface area contributed by atoms with Crippen LogP contribution in [0.1, 0.15) is 29.8 Å². The number of carbonyl (C=O) groups is 2. The van der Waals surface area contributed by atoms with Crippen LogP contribution in [0.25, 0.3) is 0 Å². The van der Waals surface area contributed by atoms with E-state index in [-0.39, 0.29) is 23.8 Å². The van der Waals surface area contributed by atoms with E-state index >= 15 is 0 Å². The molecule has 0 saturated carbocycles. The Bertz CT molecular complexity index is 522. The van der Waals surface area contributed by atoms with Gasteiger partial charge in [-0.2, -0.15) is 0 Å². The molecule has 2 rings (SSSR count). The van der Waals surface area contributed by atoms with Crippen LogP contribution in [0.15, 0.2) is 24.3 Å². The first-order chi connectivity index (χ1) is 9.95. The minimum Gasteiger partial charge on any atom is -0.478 e. The lowest BCUT2D eigenvalue weighted by molar-refractivity contribution is -0.0545. The van der Waals surface area contributed by atoms with E-state index in [4.69, 9.17) is 9.84 Å². The maximum Gasteiger partial charge on any atom is 0.335 e. The van der Waals surface area contributed by atoms with Gasteiger partial charge in [-0.15, -0.1) is 0 Å². The molecule has 1 heterocycles. The lowest BCUT2D eigenvalue weighted by atomic mass is 10.1. The number of aromatic carboxylic acids is 1. The smallest absolute Gasteiger partial charge is 0.335 e. The zero-order valence-corrected chi connectivity index (χ0v) is 12.2. The SMILES string of the molecule is CC1CN(C(=O)NCc2cccc(C(=O)O)c2)CC(C)O1. The largest absolute Gasteiger partial charge is 0.478 e. The number of hydrogen-bond acceptors (Lipinski definition) is 3. The van der Waals surface area contributed by atoms with Crippen molar-refractivity contribution in [2.45, 2.75) is 32.6 Å². The molecule has 0 radical (unpaired) electrons. The summed E-state index contributed by atoms with van der Waals surface area (Å²) in [6.45, 7) is 5.30. The van der Waals surface area contributed by atoms with Crippen LogP contribution >= 0.6 is 0 Å². The zero-order valence-electron chi connectivity index (χ0n) is 12.2. The molecule has 6 nitrogen and oxygen atoms in total. The number of morpholine rings is 1. The van der Waals surface area contributed by atoms with Gasteiger partial charge in [-0.05, 0) is 31.5 Å². The van der Waals surface area contributed by atoms with Gasteiger partial charge in [-0.25, -0.2) is 9.59 Å². The summed E-state index contributed by atoms with van der Waals surface area (Å²) in [7, 11) is 0. The van der Waals surface area contributed by atoms with E-state index in [0.29, 0.717) is 19.6 Å². The van der Waals surface area contributed by atoms with Crippen LogP contribution < -0.4 is 5.32 Å². The Morgan fingerprint density at radius 2 is 2.00 bits per heavy atom. The number of ether oxygens (including phenoxy) is 1. The predicted octanol–water partition coefficient (Wildman–Crippen LogP) is 1.70. The van der Waals surface area contributed by atoms with Crippen molar-refractivity contribution in [2.75, 3.05) is 13.1 Å². The van der Waals surface area contributed by atoms with E-state index < -0.39 is 5.97 Å². The number of carboxylic acids is 1. The summed E-state index contributed by atoms with van der Waals surface area (Å²) in [6, 6.07) is 6.39. The minimum absolute atomic E-state index is 0.0230. The Morgan fingerprint density at radius 3 is 2.62 bits per heavy atom. The third-order valence-corrected chi connectivity index (χ3v) is 3.32. The highest BCUT2D eigenvalue weighted by Gasteiger charge is 2.25. The molecule has 1 aliphatic rings. The number of benzene rings is 1. The minimum atomic E-state index is -0.973. The second kappa shape index (κ2) is 6.58. The molecule has 6 heteroatoms. The Kier molecular flexibility index (Phi) is 4.80. The molecule has 2 unspecified atom stereocenters. The molecular weight excluding hydrogens is 272 g/mol. The summed E-state index contributed by atoms with van der Waals surface area (Å²) in [5, 5.41) is 11.8.